The Balaban J connectivity index is 3.87. The lowest BCUT2D eigenvalue weighted by Gasteiger charge is -2.22. The van der Waals surface area contributed by atoms with Crippen molar-refractivity contribution in [2.45, 2.75) is 45.6 Å². The van der Waals surface area contributed by atoms with Gasteiger partial charge < -0.3 is 19.1 Å². The topological polar surface area (TPSA) is 48.0 Å². The number of hydrogen-bond donors (Lipinski definition) is 0. The highest BCUT2D eigenvalue weighted by Gasteiger charge is 2.13. The molecule has 0 unspecified atom stereocenters. The van der Waals surface area contributed by atoms with Crippen LogP contribution in [0.3, 0.4) is 0 Å². The average Bonchev–Trinajstić information content (AvgIpc) is 2.37. The number of nitrogens with zero attached hydrogens (tertiary/aromatic N) is 1. The van der Waals surface area contributed by atoms with Gasteiger partial charge in [0.15, 0.2) is 0 Å². The van der Waals surface area contributed by atoms with Crippen molar-refractivity contribution < 1.29 is 19.0 Å². The molecule has 0 N–H and O–H groups in total. The van der Waals surface area contributed by atoms with Crippen LogP contribution >= 0.6 is 0 Å². The lowest BCUT2D eigenvalue weighted by Crippen LogP contribution is -2.36. The maximum atomic E-state index is 12.1. The Bertz CT molecular complexity index is 243. The number of methoxy groups -OCH3 is 2. The number of rotatable bonds is 11. The smallest absolute Gasteiger partial charge is 0.222 e. The summed E-state index contributed by atoms with van der Waals surface area (Å²) in [6.07, 6.45) is 2.32. The van der Waals surface area contributed by atoms with Crippen molar-refractivity contribution >= 4 is 5.91 Å². The third-order valence-corrected chi connectivity index (χ3v) is 2.80. The van der Waals surface area contributed by atoms with Gasteiger partial charge in [0, 0.05) is 40.3 Å². The second-order valence-electron chi connectivity index (χ2n) is 5.78. The van der Waals surface area contributed by atoms with Gasteiger partial charge in [-0.15, -0.1) is 0 Å². The highest BCUT2D eigenvalue weighted by molar-refractivity contribution is 5.76. The third kappa shape index (κ3) is 11.2. The van der Waals surface area contributed by atoms with E-state index in [4.69, 9.17) is 14.2 Å². The van der Waals surface area contributed by atoms with Gasteiger partial charge in [-0.1, -0.05) is 0 Å². The lowest BCUT2D eigenvalue weighted by atomic mass is 10.2. The molecule has 0 bridgehead atoms. The van der Waals surface area contributed by atoms with Crippen molar-refractivity contribution in [1.29, 1.82) is 0 Å². The normalized spacial score (nSPS) is 11.7. The van der Waals surface area contributed by atoms with Gasteiger partial charge in [-0.05, 0) is 33.6 Å². The minimum absolute atomic E-state index is 0.104. The summed E-state index contributed by atoms with van der Waals surface area (Å²) in [5, 5.41) is 0. The molecule has 0 spiro atoms. The van der Waals surface area contributed by atoms with E-state index >= 15 is 0 Å². The van der Waals surface area contributed by atoms with Gasteiger partial charge in [0.2, 0.25) is 5.91 Å². The van der Waals surface area contributed by atoms with Crippen molar-refractivity contribution in [3.05, 3.63) is 0 Å². The van der Waals surface area contributed by atoms with E-state index in [1.807, 2.05) is 20.8 Å². The maximum absolute atomic E-state index is 12.1. The van der Waals surface area contributed by atoms with Crippen LogP contribution in [0.1, 0.15) is 40.0 Å². The largest absolute Gasteiger partial charge is 0.383 e. The zero-order valence-electron chi connectivity index (χ0n) is 13.7. The van der Waals surface area contributed by atoms with Crippen LogP contribution in [0.15, 0.2) is 0 Å². The van der Waals surface area contributed by atoms with Crippen LogP contribution in [-0.4, -0.2) is 63.5 Å². The van der Waals surface area contributed by atoms with E-state index < -0.39 is 0 Å². The second kappa shape index (κ2) is 11.1. The number of carbonyl (C=O) groups excluding carboxylic acids is 1. The molecule has 0 fully saturated rings. The zero-order chi connectivity index (χ0) is 15.4. The van der Waals surface area contributed by atoms with Crippen LogP contribution in [-0.2, 0) is 19.0 Å². The Morgan fingerprint density at radius 3 is 1.95 bits per heavy atom. The van der Waals surface area contributed by atoms with Crippen LogP contribution in [0.4, 0.5) is 0 Å². The molecule has 0 aliphatic carbocycles. The fourth-order valence-electron chi connectivity index (χ4n) is 1.68. The number of carbonyl (C=O) groups is 1. The summed E-state index contributed by atoms with van der Waals surface area (Å²) in [6.45, 7) is 9.17. The summed E-state index contributed by atoms with van der Waals surface area (Å²) in [7, 11) is 3.28. The van der Waals surface area contributed by atoms with Gasteiger partial charge >= 0.3 is 0 Å². The van der Waals surface area contributed by atoms with Crippen molar-refractivity contribution in [2.75, 3.05) is 47.1 Å². The van der Waals surface area contributed by atoms with E-state index in [9.17, 15) is 4.79 Å². The Hall–Kier alpha value is -0.650. The summed E-state index contributed by atoms with van der Waals surface area (Å²) in [5.74, 6) is 0.162. The summed E-state index contributed by atoms with van der Waals surface area (Å²) in [6, 6.07) is 0. The van der Waals surface area contributed by atoms with Crippen molar-refractivity contribution in [3.63, 3.8) is 0 Å². The minimum atomic E-state index is -0.104. The molecular formula is C15H31NO4. The molecule has 5 nitrogen and oxygen atoms in total. The predicted octanol–water partition coefficient (Wildman–Crippen LogP) is 2.09. The molecule has 0 aromatic rings. The molecule has 0 aromatic carbocycles. The molecule has 1 amide bonds. The van der Waals surface area contributed by atoms with Gasteiger partial charge in [-0.2, -0.15) is 0 Å². The molecule has 120 valence electrons. The average molecular weight is 289 g/mol. The first-order valence-electron chi connectivity index (χ1n) is 7.30. The van der Waals surface area contributed by atoms with E-state index in [-0.39, 0.29) is 11.5 Å². The van der Waals surface area contributed by atoms with Crippen LogP contribution in [0, 0.1) is 0 Å². The van der Waals surface area contributed by atoms with E-state index in [1.54, 1.807) is 19.1 Å². The molecule has 0 heterocycles. The third-order valence-electron chi connectivity index (χ3n) is 2.80. The fourth-order valence-corrected chi connectivity index (χ4v) is 1.68. The Morgan fingerprint density at radius 1 is 0.950 bits per heavy atom. The first kappa shape index (κ1) is 19.4. The Kier molecular flexibility index (Phi) is 10.7. The number of hydrogen-bond acceptors (Lipinski definition) is 4. The van der Waals surface area contributed by atoms with Gasteiger partial charge in [-0.25, -0.2) is 0 Å². The molecule has 0 aromatic heterocycles. The van der Waals surface area contributed by atoms with Crippen molar-refractivity contribution in [2.24, 2.45) is 0 Å². The van der Waals surface area contributed by atoms with Gasteiger partial charge in [0.25, 0.3) is 0 Å². The van der Waals surface area contributed by atoms with E-state index in [2.05, 4.69) is 0 Å². The van der Waals surface area contributed by atoms with E-state index in [0.29, 0.717) is 39.3 Å². The molecule has 5 heteroatoms. The van der Waals surface area contributed by atoms with Crippen LogP contribution in [0.2, 0.25) is 0 Å². The highest BCUT2D eigenvalue weighted by atomic mass is 16.5. The Morgan fingerprint density at radius 2 is 1.50 bits per heavy atom. The molecule has 0 rings (SSSR count). The molecule has 20 heavy (non-hydrogen) atoms. The quantitative estimate of drug-likeness (QED) is 0.547. The summed E-state index contributed by atoms with van der Waals surface area (Å²) >= 11 is 0. The zero-order valence-corrected chi connectivity index (χ0v) is 13.7. The molecule has 0 aliphatic heterocycles. The minimum Gasteiger partial charge on any atom is -0.383 e. The van der Waals surface area contributed by atoms with Gasteiger partial charge in [0.05, 0.1) is 18.8 Å². The molecule has 0 saturated carbocycles. The molecule has 0 saturated heterocycles. The maximum Gasteiger partial charge on any atom is 0.222 e. The number of amides is 1. The fraction of sp³-hybridized carbons (Fsp3) is 0.933. The lowest BCUT2D eigenvalue weighted by molar-refractivity contribution is -0.132. The summed E-state index contributed by atoms with van der Waals surface area (Å²) < 4.78 is 15.7. The van der Waals surface area contributed by atoms with Crippen LogP contribution in [0.5, 0.6) is 0 Å². The molecule has 0 radical (unpaired) electrons. The first-order chi connectivity index (χ1) is 9.40. The van der Waals surface area contributed by atoms with Crippen molar-refractivity contribution in [1.82, 2.24) is 4.90 Å². The molecular weight excluding hydrogens is 258 g/mol. The van der Waals surface area contributed by atoms with Crippen LogP contribution in [0.25, 0.3) is 0 Å². The summed E-state index contributed by atoms with van der Waals surface area (Å²) in [5.41, 5.74) is -0.104. The standard InChI is InChI=1S/C15H31NO4/c1-15(2,3)20-11-7-6-8-14(17)16(9-12-18-4)10-13-19-5/h6-13H2,1-5H3. The SMILES string of the molecule is COCCN(CCOC)C(=O)CCCCOC(C)(C)C. The molecule has 0 aliphatic rings. The molecule has 0 atom stereocenters. The van der Waals surface area contributed by atoms with E-state index in [0.717, 1.165) is 12.8 Å². The number of unbranched alkanes of at least 4 members (excludes halogenated alkanes) is 1. The highest BCUT2D eigenvalue weighted by Crippen LogP contribution is 2.09. The first-order valence-corrected chi connectivity index (χ1v) is 7.30. The monoisotopic (exact) mass is 289 g/mol. The van der Waals surface area contributed by atoms with Crippen molar-refractivity contribution in [3.8, 4) is 0 Å². The number of ether oxygens (including phenoxy) is 3. The summed E-state index contributed by atoms with van der Waals surface area (Å²) in [4.78, 5) is 13.9. The van der Waals surface area contributed by atoms with E-state index in [1.165, 1.54) is 0 Å². The van der Waals surface area contributed by atoms with Gasteiger partial charge in [0.1, 0.15) is 0 Å². The second-order valence-corrected chi connectivity index (χ2v) is 5.78. The van der Waals surface area contributed by atoms with Gasteiger partial charge in [-0.3, -0.25) is 4.79 Å². The van der Waals surface area contributed by atoms with Crippen LogP contribution < -0.4 is 0 Å². The Labute approximate surface area is 123 Å². The predicted molar refractivity (Wildman–Crippen MR) is 79.9 cm³/mol.